The molecule has 1 N–H and O–H groups in total. The first-order valence-electron chi connectivity index (χ1n) is 11.8. The highest BCUT2D eigenvalue weighted by molar-refractivity contribution is 6.13. The van der Waals surface area contributed by atoms with Gasteiger partial charge in [0.05, 0.1) is 10.9 Å². The van der Waals surface area contributed by atoms with Gasteiger partial charge in [0.1, 0.15) is 0 Å². The average Bonchev–Trinajstić information content (AvgIpc) is 3.28. The number of nitrogens with zero attached hydrogens (tertiary/aromatic N) is 4. The number of pyridine rings is 1. The van der Waals surface area contributed by atoms with Crippen molar-refractivity contribution in [1.29, 1.82) is 0 Å². The lowest BCUT2D eigenvalue weighted by atomic mass is 9.70. The molecule has 0 atom stereocenters. The fraction of sp³-hybridized carbons (Fsp3) is 0.370. The average molecular weight is 458 g/mol. The number of ketones is 1. The Morgan fingerprint density at radius 1 is 1.09 bits per heavy atom. The number of amides is 1. The molecule has 1 saturated carbocycles. The van der Waals surface area contributed by atoms with E-state index in [2.05, 4.69) is 26.3 Å². The van der Waals surface area contributed by atoms with Gasteiger partial charge in [-0.1, -0.05) is 31.4 Å². The molecule has 3 heterocycles. The first-order chi connectivity index (χ1) is 16.5. The van der Waals surface area contributed by atoms with Crippen molar-refractivity contribution in [1.82, 2.24) is 24.8 Å². The maximum atomic E-state index is 13.6. The van der Waals surface area contributed by atoms with Crippen molar-refractivity contribution >= 4 is 23.3 Å². The molecule has 0 aliphatic heterocycles. The van der Waals surface area contributed by atoms with Gasteiger partial charge in [0.2, 0.25) is 5.95 Å². The standard InChI is InChI=1S/C27H31N5O2/c1-4-23-24(19(2)20(3)33)22(17-32(23)26-29-14-9-15-30-26)25(34)31-18-27(11-6-5-7-12-27)21-10-8-13-28-16-21/h4,8-10,13-17H,5-7,11-12,18H2,1-3H3,(H,31,34)/b23-4?,24-19+. The van der Waals surface area contributed by atoms with Gasteiger partial charge in [-0.2, -0.15) is 0 Å². The molecular weight excluding hydrogens is 426 g/mol. The topological polar surface area (TPSA) is 89.8 Å². The van der Waals surface area contributed by atoms with Crippen LogP contribution in [0.3, 0.4) is 0 Å². The predicted molar refractivity (Wildman–Crippen MR) is 132 cm³/mol. The van der Waals surface area contributed by atoms with Crippen LogP contribution in [0, 0.1) is 0 Å². The van der Waals surface area contributed by atoms with Gasteiger partial charge in [-0.15, -0.1) is 0 Å². The van der Waals surface area contributed by atoms with Gasteiger partial charge in [-0.05, 0) is 51.3 Å². The van der Waals surface area contributed by atoms with Crippen LogP contribution in [-0.4, -0.2) is 37.8 Å². The Morgan fingerprint density at radius 3 is 2.44 bits per heavy atom. The molecule has 3 aromatic heterocycles. The van der Waals surface area contributed by atoms with E-state index in [9.17, 15) is 9.59 Å². The highest BCUT2D eigenvalue weighted by atomic mass is 16.1. The molecule has 1 amide bonds. The smallest absolute Gasteiger partial charge is 0.253 e. The molecule has 1 fully saturated rings. The monoisotopic (exact) mass is 457 g/mol. The van der Waals surface area contributed by atoms with E-state index in [1.54, 1.807) is 42.3 Å². The van der Waals surface area contributed by atoms with E-state index in [1.165, 1.54) is 18.9 Å². The van der Waals surface area contributed by atoms with Crippen molar-refractivity contribution in [2.75, 3.05) is 6.54 Å². The van der Waals surface area contributed by atoms with Gasteiger partial charge < -0.3 is 5.32 Å². The molecule has 7 heteroatoms. The lowest BCUT2D eigenvalue weighted by molar-refractivity contribution is -0.112. The summed E-state index contributed by atoms with van der Waals surface area (Å²) in [5.74, 6) is 0.163. The minimum atomic E-state index is -0.206. The number of carbonyl (C=O) groups excluding carboxylic acids is 2. The van der Waals surface area contributed by atoms with Crippen molar-refractivity contribution in [3.8, 4) is 5.95 Å². The van der Waals surface area contributed by atoms with E-state index < -0.39 is 0 Å². The highest BCUT2D eigenvalue weighted by Crippen LogP contribution is 2.38. The van der Waals surface area contributed by atoms with Crippen molar-refractivity contribution in [3.63, 3.8) is 0 Å². The Kier molecular flexibility index (Phi) is 7.01. The van der Waals surface area contributed by atoms with Gasteiger partial charge >= 0.3 is 0 Å². The lowest BCUT2D eigenvalue weighted by Gasteiger charge is -2.37. The Bertz CT molecular complexity index is 1290. The maximum Gasteiger partial charge on any atom is 0.253 e. The predicted octanol–water partition coefficient (Wildman–Crippen LogP) is 2.85. The van der Waals surface area contributed by atoms with E-state index in [-0.39, 0.29) is 17.1 Å². The molecule has 4 rings (SSSR count). The van der Waals surface area contributed by atoms with Crippen LogP contribution in [0.1, 0.15) is 68.8 Å². The molecule has 0 aromatic carbocycles. The molecule has 3 aromatic rings. The van der Waals surface area contributed by atoms with Gasteiger partial charge in [0, 0.05) is 53.7 Å². The number of nitrogens with one attached hydrogen (secondary N) is 1. The third-order valence-corrected chi connectivity index (χ3v) is 6.90. The Hall–Kier alpha value is -3.61. The summed E-state index contributed by atoms with van der Waals surface area (Å²) < 4.78 is 1.77. The molecule has 0 spiro atoms. The fourth-order valence-electron chi connectivity index (χ4n) is 4.95. The van der Waals surface area contributed by atoms with Crippen LogP contribution >= 0.6 is 0 Å². The third kappa shape index (κ3) is 4.55. The Labute approximate surface area is 199 Å². The zero-order valence-electron chi connectivity index (χ0n) is 20.0. The first-order valence-corrected chi connectivity index (χ1v) is 11.8. The molecule has 0 radical (unpaired) electrons. The van der Waals surface area contributed by atoms with E-state index in [0.717, 1.165) is 31.0 Å². The quantitative estimate of drug-likeness (QED) is 0.615. The molecule has 1 aliphatic carbocycles. The van der Waals surface area contributed by atoms with Crippen LogP contribution in [0.5, 0.6) is 0 Å². The fourth-order valence-corrected chi connectivity index (χ4v) is 4.95. The van der Waals surface area contributed by atoms with Crippen molar-refractivity contribution in [3.05, 3.63) is 70.9 Å². The highest BCUT2D eigenvalue weighted by Gasteiger charge is 2.34. The van der Waals surface area contributed by atoms with E-state index in [4.69, 9.17) is 0 Å². The first kappa shape index (κ1) is 23.5. The molecule has 7 nitrogen and oxygen atoms in total. The summed E-state index contributed by atoms with van der Waals surface area (Å²) in [6, 6.07) is 5.81. The summed E-state index contributed by atoms with van der Waals surface area (Å²) in [5.41, 5.74) is 2.02. The van der Waals surface area contributed by atoms with Gasteiger partial charge in [-0.25, -0.2) is 9.97 Å². The second kappa shape index (κ2) is 10.1. The number of rotatable bonds is 6. The summed E-state index contributed by atoms with van der Waals surface area (Å²) >= 11 is 0. The number of carbonyl (C=O) groups is 2. The van der Waals surface area contributed by atoms with Gasteiger partial charge in [-0.3, -0.25) is 19.1 Å². The molecule has 176 valence electrons. The lowest BCUT2D eigenvalue weighted by Crippen LogP contribution is -2.44. The summed E-state index contributed by atoms with van der Waals surface area (Å²) in [4.78, 5) is 39.0. The third-order valence-electron chi connectivity index (χ3n) is 6.90. The summed E-state index contributed by atoms with van der Waals surface area (Å²) in [7, 11) is 0. The second-order valence-electron chi connectivity index (χ2n) is 8.96. The summed E-state index contributed by atoms with van der Waals surface area (Å²) in [6.45, 7) is 5.68. The SMILES string of the molecule is CC=c1/c(=C(\C)C(C)=O)c(C(=O)NCC2(c3cccnc3)CCCCC2)cn1-c1ncccn1. The largest absolute Gasteiger partial charge is 0.351 e. The van der Waals surface area contributed by atoms with Crippen LogP contribution in [0.2, 0.25) is 0 Å². The van der Waals surface area contributed by atoms with E-state index >= 15 is 0 Å². The van der Waals surface area contributed by atoms with E-state index in [0.29, 0.717) is 28.8 Å². The molecule has 0 bridgehead atoms. The number of hydrogen-bond donors (Lipinski definition) is 1. The van der Waals surface area contributed by atoms with Crippen LogP contribution in [0.15, 0.2) is 49.2 Å². The molecule has 1 aliphatic rings. The van der Waals surface area contributed by atoms with Crippen LogP contribution in [-0.2, 0) is 10.2 Å². The van der Waals surface area contributed by atoms with Crippen molar-refractivity contribution < 1.29 is 9.59 Å². The van der Waals surface area contributed by atoms with Crippen molar-refractivity contribution in [2.45, 2.75) is 58.3 Å². The molecule has 34 heavy (non-hydrogen) atoms. The molecule has 0 saturated heterocycles. The van der Waals surface area contributed by atoms with Gasteiger partial charge in [0.25, 0.3) is 5.91 Å². The Morgan fingerprint density at radius 2 is 1.82 bits per heavy atom. The molecule has 0 unspecified atom stereocenters. The Balaban J connectivity index is 1.75. The second-order valence-corrected chi connectivity index (χ2v) is 8.96. The van der Waals surface area contributed by atoms with Gasteiger partial charge in [0.15, 0.2) is 5.78 Å². The van der Waals surface area contributed by atoms with Crippen LogP contribution in [0.25, 0.3) is 17.6 Å². The summed E-state index contributed by atoms with van der Waals surface area (Å²) in [6.07, 6.45) is 16.1. The zero-order chi connectivity index (χ0) is 24.1. The summed E-state index contributed by atoms with van der Waals surface area (Å²) in [5, 5.41) is 4.55. The number of hydrogen-bond acceptors (Lipinski definition) is 5. The van der Waals surface area contributed by atoms with E-state index in [1.807, 2.05) is 25.3 Å². The maximum absolute atomic E-state index is 13.6. The van der Waals surface area contributed by atoms with Crippen molar-refractivity contribution in [2.24, 2.45) is 0 Å². The normalized spacial score (nSPS) is 16.7. The minimum absolute atomic E-state index is 0.0806. The van der Waals surface area contributed by atoms with Crippen LogP contribution < -0.4 is 15.9 Å². The number of aromatic nitrogens is 4. The zero-order valence-corrected chi connectivity index (χ0v) is 20.0. The molecular formula is C27H31N5O2. The van der Waals surface area contributed by atoms with Crippen LogP contribution in [0.4, 0.5) is 0 Å². The minimum Gasteiger partial charge on any atom is -0.351 e. The number of Topliss-reactive ketones (excluding diaryl/α,β-unsaturated/α-hetero) is 1.